The Hall–Kier alpha value is -2.44. The zero-order valence-corrected chi connectivity index (χ0v) is 9.04. The predicted octanol–water partition coefficient (Wildman–Crippen LogP) is 0.815. The van der Waals surface area contributed by atoms with Crippen molar-refractivity contribution < 1.29 is 14.6 Å². The summed E-state index contributed by atoms with van der Waals surface area (Å²) >= 11 is 0. The summed E-state index contributed by atoms with van der Waals surface area (Å²) in [7, 11) is 0. The highest BCUT2D eigenvalue weighted by atomic mass is 16.5. The molecule has 2 N–H and O–H groups in total. The van der Waals surface area contributed by atoms with E-state index in [1.54, 1.807) is 6.92 Å². The predicted molar refractivity (Wildman–Crippen MR) is 58.9 cm³/mol. The number of aliphatic hydroxyl groups is 1. The molecule has 0 saturated heterocycles. The van der Waals surface area contributed by atoms with Crippen LogP contribution in [-0.4, -0.2) is 37.6 Å². The number of nitrogens with one attached hydrogen (secondary N) is 1. The van der Waals surface area contributed by atoms with Crippen molar-refractivity contribution in [2.24, 2.45) is 0 Å². The van der Waals surface area contributed by atoms with Crippen LogP contribution in [0.1, 0.15) is 12.6 Å². The molecule has 0 saturated carbocycles. The number of aromatic amines is 1. The summed E-state index contributed by atoms with van der Waals surface area (Å²) in [5.41, 5.74) is 1.38. The van der Waals surface area contributed by atoms with Crippen molar-refractivity contribution in [1.82, 2.24) is 19.9 Å². The average molecular weight is 234 g/mol. The van der Waals surface area contributed by atoms with E-state index in [0.717, 1.165) is 0 Å². The van der Waals surface area contributed by atoms with Gasteiger partial charge in [0.25, 0.3) is 0 Å². The summed E-state index contributed by atoms with van der Waals surface area (Å²) in [6.07, 6.45) is 3.96. The average Bonchev–Trinajstić information content (AvgIpc) is 2.78. The number of aliphatic hydroxyl groups excluding tert-OH is 1. The Balaban J connectivity index is 2.37. The van der Waals surface area contributed by atoms with Crippen molar-refractivity contribution in [3.8, 4) is 0 Å². The maximum absolute atomic E-state index is 11.2. The van der Waals surface area contributed by atoms with Gasteiger partial charge in [0, 0.05) is 6.08 Å². The molecule has 2 aromatic heterocycles. The van der Waals surface area contributed by atoms with E-state index in [2.05, 4.69) is 24.7 Å². The molecule has 0 spiro atoms. The van der Waals surface area contributed by atoms with Crippen molar-refractivity contribution in [3.63, 3.8) is 0 Å². The molecule has 0 amide bonds. The number of rotatable bonds is 3. The van der Waals surface area contributed by atoms with Gasteiger partial charge in [0.1, 0.15) is 11.8 Å². The lowest BCUT2D eigenvalue weighted by Gasteiger charge is -2.00. The van der Waals surface area contributed by atoms with Crippen LogP contribution in [0.25, 0.3) is 17.2 Å². The number of H-pyrrole nitrogens is 1. The Morgan fingerprint density at radius 2 is 2.35 bits per heavy atom. The quantitative estimate of drug-likeness (QED) is 0.463. The number of hydrogen-bond donors (Lipinski definition) is 2. The van der Waals surface area contributed by atoms with E-state index in [1.807, 2.05) is 0 Å². The molecule has 0 bridgehead atoms. The molecule has 0 atom stereocenters. The number of fused-ring (bicyclic) bond motifs is 1. The third kappa shape index (κ3) is 2.22. The Morgan fingerprint density at radius 3 is 3.12 bits per heavy atom. The highest BCUT2D eigenvalue weighted by molar-refractivity contribution is 5.93. The van der Waals surface area contributed by atoms with Gasteiger partial charge >= 0.3 is 5.97 Å². The van der Waals surface area contributed by atoms with Crippen LogP contribution in [0.3, 0.4) is 0 Å². The van der Waals surface area contributed by atoms with Gasteiger partial charge in [0.15, 0.2) is 5.65 Å². The first kappa shape index (κ1) is 11.1. The smallest absolute Gasteiger partial charge is 0.373 e. The molecule has 0 radical (unpaired) electrons. The molecule has 2 rings (SSSR count). The molecule has 7 heteroatoms. The Kier molecular flexibility index (Phi) is 2.99. The van der Waals surface area contributed by atoms with Crippen LogP contribution in [0.15, 0.2) is 18.4 Å². The van der Waals surface area contributed by atoms with E-state index in [1.165, 1.54) is 18.7 Å². The minimum Gasteiger partial charge on any atom is -0.502 e. The molecular weight excluding hydrogens is 224 g/mol. The summed E-state index contributed by atoms with van der Waals surface area (Å²) in [5.74, 6) is -1.31. The lowest BCUT2D eigenvalue weighted by molar-refractivity contribution is -0.141. The first-order chi connectivity index (χ1) is 8.22. The number of carbonyl (C=O) groups is 1. The number of carbonyl (C=O) groups excluding carboxylic acids is 1. The van der Waals surface area contributed by atoms with E-state index < -0.39 is 11.7 Å². The number of ether oxygens (including phenoxy) is 1. The Bertz CT molecular complexity index is 576. The molecule has 0 fully saturated rings. The maximum Gasteiger partial charge on any atom is 0.373 e. The Morgan fingerprint density at radius 1 is 1.53 bits per heavy atom. The summed E-state index contributed by atoms with van der Waals surface area (Å²) in [4.78, 5) is 25.8. The molecule has 7 nitrogen and oxygen atoms in total. The van der Waals surface area contributed by atoms with E-state index in [9.17, 15) is 9.90 Å². The molecular formula is C10H10N4O3. The van der Waals surface area contributed by atoms with Crippen LogP contribution < -0.4 is 0 Å². The second-order valence-electron chi connectivity index (χ2n) is 3.11. The number of aromatic nitrogens is 4. The van der Waals surface area contributed by atoms with Crippen LogP contribution in [0.5, 0.6) is 0 Å². The van der Waals surface area contributed by atoms with Gasteiger partial charge in [-0.2, -0.15) is 0 Å². The van der Waals surface area contributed by atoms with Gasteiger partial charge in [-0.1, -0.05) is 0 Å². The normalized spacial score (nSPS) is 11.7. The summed E-state index contributed by atoms with van der Waals surface area (Å²) in [6.45, 7) is 1.85. The van der Waals surface area contributed by atoms with Crippen molar-refractivity contribution in [3.05, 3.63) is 24.1 Å². The van der Waals surface area contributed by atoms with Crippen LogP contribution in [-0.2, 0) is 9.53 Å². The lowest BCUT2D eigenvalue weighted by atomic mass is 10.3. The molecule has 17 heavy (non-hydrogen) atoms. The van der Waals surface area contributed by atoms with Crippen molar-refractivity contribution in [2.75, 3.05) is 6.61 Å². The van der Waals surface area contributed by atoms with Crippen molar-refractivity contribution in [2.45, 2.75) is 6.92 Å². The van der Waals surface area contributed by atoms with Gasteiger partial charge < -0.3 is 14.8 Å². The molecule has 2 aromatic rings. The van der Waals surface area contributed by atoms with Gasteiger partial charge in [-0.3, -0.25) is 0 Å². The highest BCUT2D eigenvalue weighted by Crippen LogP contribution is 2.12. The standard InChI is InChI=1S/C10H10N4O3/c1-2-17-10(16)7(15)3-6-8-9(13-4-11-6)14-5-12-8/h3-5,15H,2H2,1H3,(H,11,12,13,14)/b7-3-. The molecule has 2 heterocycles. The van der Waals surface area contributed by atoms with Crippen LogP contribution in [0.4, 0.5) is 0 Å². The number of esters is 1. The third-order valence-corrected chi connectivity index (χ3v) is 2.01. The minimum absolute atomic E-state index is 0.194. The molecule has 0 aliphatic carbocycles. The summed E-state index contributed by atoms with van der Waals surface area (Å²) < 4.78 is 4.64. The summed E-state index contributed by atoms with van der Waals surface area (Å²) in [5, 5.41) is 9.49. The van der Waals surface area contributed by atoms with Gasteiger partial charge in [0.05, 0.1) is 18.6 Å². The fourth-order valence-corrected chi connectivity index (χ4v) is 1.29. The van der Waals surface area contributed by atoms with E-state index in [0.29, 0.717) is 16.9 Å². The van der Waals surface area contributed by atoms with E-state index >= 15 is 0 Å². The SMILES string of the molecule is CCOC(=O)/C(O)=C/c1ncnc2nc[nH]c12. The second-order valence-corrected chi connectivity index (χ2v) is 3.11. The van der Waals surface area contributed by atoms with E-state index in [-0.39, 0.29) is 6.61 Å². The third-order valence-electron chi connectivity index (χ3n) is 2.01. The fraction of sp³-hybridized carbons (Fsp3) is 0.200. The van der Waals surface area contributed by atoms with Gasteiger partial charge in [-0.05, 0) is 6.92 Å². The van der Waals surface area contributed by atoms with Crippen LogP contribution >= 0.6 is 0 Å². The maximum atomic E-state index is 11.2. The second kappa shape index (κ2) is 4.60. The Labute approximate surface area is 96.2 Å². The fourth-order valence-electron chi connectivity index (χ4n) is 1.29. The van der Waals surface area contributed by atoms with Gasteiger partial charge in [0.2, 0.25) is 5.76 Å². The molecule has 0 aromatic carbocycles. The van der Waals surface area contributed by atoms with Crippen LogP contribution in [0, 0.1) is 0 Å². The van der Waals surface area contributed by atoms with Crippen LogP contribution in [0.2, 0.25) is 0 Å². The van der Waals surface area contributed by atoms with E-state index in [4.69, 9.17) is 0 Å². The van der Waals surface area contributed by atoms with Gasteiger partial charge in [-0.25, -0.2) is 19.7 Å². The zero-order chi connectivity index (χ0) is 12.3. The largest absolute Gasteiger partial charge is 0.502 e. The zero-order valence-electron chi connectivity index (χ0n) is 9.04. The monoisotopic (exact) mass is 234 g/mol. The molecule has 0 unspecified atom stereocenters. The topological polar surface area (TPSA) is 101 Å². The number of hydrogen-bond acceptors (Lipinski definition) is 6. The summed E-state index contributed by atoms with van der Waals surface area (Å²) in [6, 6.07) is 0. The molecule has 0 aliphatic heterocycles. The molecule has 0 aliphatic rings. The van der Waals surface area contributed by atoms with Crippen molar-refractivity contribution in [1.29, 1.82) is 0 Å². The molecule has 88 valence electrons. The van der Waals surface area contributed by atoms with Gasteiger partial charge in [-0.15, -0.1) is 0 Å². The number of imidazole rings is 1. The first-order valence-corrected chi connectivity index (χ1v) is 4.94. The number of nitrogens with zero attached hydrogens (tertiary/aromatic N) is 3. The minimum atomic E-state index is -0.793. The lowest BCUT2D eigenvalue weighted by Crippen LogP contribution is -2.07. The van der Waals surface area contributed by atoms with Crippen molar-refractivity contribution >= 4 is 23.2 Å². The highest BCUT2D eigenvalue weighted by Gasteiger charge is 2.11. The first-order valence-electron chi connectivity index (χ1n) is 4.94.